The van der Waals surface area contributed by atoms with Crippen molar-refractivity contribution in [3.63, 3.8) is 0 Å². The van der Waals surface area contributed by atoms with Crippen LogP contribution in [0.4, 0.5) is 0 Å². The van der Waals surface area contributed by atoms with Crippen LogP contribution in [0.1, 0.15) is 25.6 Å². The normalized spacial score (nSPS) is 25.2. The van der Waals surface area contributed by atoms with E-state index in [1.807, 2.05) is 12.4 Å². The van der Waals surface area contributed by atoms with Gasteiger partial charge in [-0.2, -0.15) is 0 Å². The van der Waals surface area contributed by atoms with Gasteiger partial charge in [-0.15, -0.1) is 0 Å². The molecule has 1 N–H and O–H groups in total. The third kappa shape index (κ3) is 2.38. The summed E-state index contributed by atoms with van der Waals surface area (Å²) in [6.07, 6.45) is 6.61. The largest absolute Gasteiger partial charge is 0.381 e. The summed E-state index contributed by atoms with van der Waals surface area (Å²) in [5.74, 6) is 1.12. The number of imidazole rings is 1. The number of rotatable bonds is 5. The van der Waals surface area contributed by atoms with Gasteiger partial charge in [0.2, 0.25) is 0 Å². The summed E-state index contributed by atoms with van der Waals surface area (Å²) in [7, 11) is 1.78. The zero-order chi connectivity index (χ0) is 10.7. The molecule has 1 fully saturated rings. The maximum atomic E-state index is 5.24. The monoisotopic (exact) mass is 209 g/mol. The minimum atomic E-state index is 0.466. The van der Waals surface area contributed by atoms with E-state index in [0.29, 0.717) is 12.1 Å². The quantitative estimate of drug-likeness (QED) is 0.791. The summed E-state index contributed by atoms with van der Waals surface area (Å²) in [6, 6.07) is 0.608. The predicted molar refractivity (Wildman–Crippen MR) is 58.6 cm³/mol. The number of ether oxygens (including phenoxy) is 1. The second-order valence-electron chi connectivity index (χ2n) is 4.04. The second kappa shape index (κ2) is 4.77. The first kappa shape index (κ1) is 10.6. The smallest absolute Gasteiger partial charge is 0.122 e. The van der Waals surface area contributed by atoms with E-state index in [1.165, 1.54) is 0 Å². The SMILES string of the molecule is CCn1ccnc1CNC1CC(OC)C1. The van der Waals surface area contributed by atoms with Gasteiger partial charge in [-0.05, 0) is 19.8 Å². The lowest BCUT2D eigenvalue weighted by atomic mass is 9.89. The van der Waals surface area contributed by atoms with E-state index in [0.717, 1.165) is 31.8 Å². The second-order valence-corrected chi connectivity index (χ2v) is 4.04. The molecular formula is C11H19N3O. The number of nitrogens with zero attached hydrogens (tertiary/aromatic N) is 2. The first-order valence-corrected chi connectivity index (χ1v) is 5.59. The maximum Gasteiger partial charge on any atom is 0.122 e. The van der Waals surface area contributed by atoms with Crippen molar-refractivity contribution >= 4 is 0 Å². The number of nitrogens with one attached hydrogen (secondary N) is 1. The molecule has 1 aliphatic rings. The van der Waals surface area contributed by atoms with Crippen LogP contribution in [0.5, 0.6) is 0 Å². The molecule has 1 aromatic heterocycles. The number of methoxy groups -OCH3 is 1. The predicted octanol–water partition coefficient (Wildman–Crippen LogP) is 1.17. The average molecular weight is 209 g/mol. The molecule has 0 unspecified atom stereocenters. The molecule has 4 heteroatoms. The minimum Gasteiger partial charge on any atom is -0.381 e. The van der Waals surface area contributed by atoms with Crippen LogP contribution < -0.4 is 5.32 Å². The van der Waals surface area contributed by atoms with Crippen molar-refractivity contribution in [3.8, 4) is 0 Å². The molecule has 84 valence electrons. The third-order valence-electron chi connectivity index (χ3n) is 3.12. The highest BCUT2D eigenvalue weighted by Gasteiger charge is 2.28. The average Bonchev–Trinajstić information content (AvgIpc) is 2.63. The lowest BCUT2D eigenvalue weighted by Crippen LogP contribution is -2.44. The Kier molecular flexibility index (Phi) is 3.38. The van der Waals surface area contributed by atoms with Gasteiger partial charge in [-0.1, -0.05) is 0 Å². The zero-order valence-corrected chi connectivity index (χ0v) is 9.44. The Labute approximate surface area is 90.6 Å². The molecule has 0 saturated heterocycles. The molecule has 0 atom stereocenters. The molecule has 0 amide bonds. The van der Waals surface area contributed by atoms with E-state index in [-0.39, 0.29) is 0 Å². The lowest BCUT2D eigenvalue weighted by molar-refractivity contribution is 0.0167. The van der Waals surface area contributed by atoms with Crippen molar-refractivity contribution in [1.82, 2.24) is 14.9 Å². The fraction of sp³-hybridized carbons (Fsp3) is 0.727. The molecule has 0 spiro atoms. The van der Waals surface area contributed by atoms with Gasteiger partial charge < -0.3 is 14.6 Å². The Balaban J connectivity index is 1.75. The topological polar surface area (TPSA) is 39.1 Å². The Hall–Kier alpha value is -0.870. The van der Waals surface area contributed by atoms with Gasteiger partial charge >= 0.3 is 0 Å². The van der Waals surface area contributed by atoms with E-state index in [4.69, 9.17) is 4.74 Å². The van der Waals surface area contributed by atoms with Crippen LogP contribution in [0.25, 0.3) is 0 Å². The zero-order valence-electron chi connectivity index (χ0n) is 9.44. The molecule has 0 aliphatic heterocycles. The van der Waals surface area contributed by atoms with Gasteiger partial charge in [0.1, 0.15) is 5.82 Å². The summed E-state index contributed by atoms with van der Waals surface area (Å²) in [5.41, 5.74) is 0. The lowest BCUT2D eigenvalue weighted by Gasteiger charge is -2.34. The van der Waals surface area contributed by atoms with Gasteiger partial charge in [0, 0.05) is 32.1 Å². The molecule has 0 radical (unpaired) electrons. The van der Waals surface area contributed by atoms with Crippen molar-refractivity contribution < 1.29 is 4.74 Å². The first-order chi connectivity index (χ1) is 7.33. The van der Waals surface area contributed by atoms with Crippen LogP contribution in [-0.2, 0) is 17.8 Å². The molecule has 1 saturated carbocycles. The molecular weight excluding hydrogens is 190 g/mol. The number of aromatic nitrogens is 2. The Bertz CT molecular complexity index is 305. The molecule has 15 heavy (non-hydrogen) atoms. The fourth-order valence-electron chi connectivity index (χ4n) is 1.96. The van der Waals surface area contributed by atoms with Crippen LogP contribution in [-0.4, -0.2) is 28.8 Å². The van der Waals surface area contributed by atoms with Gasteiger partial charge in [-0.25, -0.2) is 4.98 Å². The molecule has 0 aromatic carbocycles. The summed E-state index contributed by atoms with van der Waals surface area (Å²) >= 11 is 0. The highest BCUT2D eigenvalue weighted by Crippen LogP contribution is 2.22. The fourth-order valence-corrected chi connectivity index (χ4v) is 1.96. The summed E-state index contributed by atoms with van der Waals surface area (Å²) in [4.78, 5) is 4.33. The third-order valence-corrected chi connectivity index (χ3v) is 3.12. The first-order valence-electron chi connectivity index (χ1n) is 5.59. The maximum absolute atomic E-state index is 5.24. The molecule has 0 bridgehead atoms. The van der Waals surface area contributed by atoms with Crippen molar-refractivity contribution in [3.05, 3.63) is 18.2 Å². The summed E-state index contributed by atoms with van der Waals surface area (Å²) < 4.78 is 7.40. The van der Waals surface area contributed by atoms with Gasteiger partial charge in [0.25, 0.3) is 0 Å². The van der Waals surface area contributed by atoms with Crippen LogP contribution in [0.3, 0.4) is 0 Å². The number of aryl methyl sites for hydroxylation is 1. The van der Waals surface area contributed by atoms with Crippen molar-refractivity contribution in [2.24, 2.45) is 0 Å². The highest BCUT2D eigenvalue weighted by molar-refractivity contribution is 4.94. The molecule has 1 heterocycles. The summed E-state index contributed by atoms with van der Waals surface area (Å²) in [5, 5.41) is 3.50. The summed E-state index contributed by atoms with van der Waals surface area (Å²) in [6.45, 7) is 3.99. The molecule has 4 nitrogen and oxygen atoms in total. The van der Waals surface area contributed by atoms with Crippen molar-refractivity contribution in [1.29, 1.82) is 0 Å². The highest BCUT2D eigenvalue weighted by atomic mass is 16.5. The Morgan fingerprint density at radius 2 is 2.40 bits per heavy atom. The molecule has 1 aromatic rings. The standard InChI is InChI=1S/C11H19N3O/c1-3-14-5-4-12-11(14)8-13-9-6-10(7-9)15-2/h4-5,9-10,13H,3,6-8H2,1-2H3. The van der Waals surface area contributed by atoms with Crippen molar-refractivity contribution in [2.45, 2.75) is 45.0 Å². The van der Waals surface area contributed by atoms with E-state index < -0.39 is 0 Å². The van der Waals surface area contributed by atoms with Crippen LogP contribution in [0.15, 0.2) is 12.4 Å². The Morgan fingerprint density at radius 1 is 1.60 bits per heavy atom. The van der Waals surface area contributed by atoms with Crippen LogP contribution in [0, 0.1) is 0 Å². The minimum absolute atomic E-state index is 0.466. The van der Waals surface area contributed by atoms with E-state index in [9.17, 15) is 0 Å². The van der Waals surface area contributed by atoms with E-state index >= 15 is 0 Å². The number of hydrogen-bond donors (Lipinski definition) is 1. The van der Waals surface area contributed by atoms with Gasteiger partial charge in [-0.3, -0.25) is 0 Å². The van der Waals surface area contributed by atoms with Gasteiger partial charge in [0.15, 0.2) is 0 Å². The van der Waals surface area contributed by atoms with E-state index in [2.05, 4.69) is 21.8 Å². The molecule has 1 aliphatic carbocycles. The van der Waals surface area contributed by atoms with Crippen LogP contribution in [0.2, 0.25) is 0 Å². The number of hydrogen-bond acceptors (Lipinski definition) is 3. The Morgan fingerprint density at radius 3 is 3.07 bits per heavy atom. The van der Waals surface area contributed by atoms with Gasteiger partial charge in [0.05, 0.1) is 12.6 Å². The molecule has 2 rings (SSSR count). The van der Waals surface area contributed by atoms with E-state index in [1.54, 1.807) is 7.11 Å². The van der Waals surface area contributed by atoms with Crippen LogP contribution >= 0.6 is 0 Å². The van der Waals surface area contributed by atoms with Crippen molar-refractivity contribution in [2.75, 3.05) is 7.11 Å².